The first-order chi connectivity index (χ1) is 14.0. The molecule has 3 N–H and O–H groups in total. The summed E-state index contributed by atoms with van der Waals surface area (Å²) >= 11 is 7.04. The standard InChI is InChI=1S/C19H17ClN6O2S/c1-13(25-9-3-2-4-18(25)27)5-6-15(10-21)26-12-14(23-24-26)11-22-19(28)16-7-8-17(20)29-16/h2-10,12H,1,11,21H2,(H,22,28)/b6-5-,15-10+. The molecule has 0 fully saturated rings. The average molecular weight is 429 g/mol. The number of carbonyl (C=O) groups excluding carboxylic acids is 1. The van der Waals surface area contributed by atoms with Crippen molar-refractivity contribution < 1.29 is 4.79 Å². The molecule has 10 heteroatoms. The van der Waals surface area contributed by atoms with E-state index in [2.05, 4.69) is 22.2 Å². The number of nitrogens with one attached hydrogen (secondary N) is 1. The van der Waals surface area contributed by atoms with Crippen molar-refractivity contribution in [3.05, 3.63) is 92.9 Å². The third-order valence-corrected chi connectivity index (χ3v) is 5.01. The Bertz CT molecular complexity index is 1160. The van der Waals surface area contributed by atoms with Crippen LogP contribution in [0.5, 0.6) is 0 Å². The summed E-state index contributed by atoms with van der Waals surface area (Å²) < 4.78 is 3.41. The van der Waals surface area contributed by atoms with Gasteiger partial charge in [0.05, 0.1) is 27.7 Å². The van der Waals surface area contributed by atoms with Crippen LogP contribution in [0.4, 0.5) is 0 Å². The molecule has 0 atom stereocenters. The SMILES string of the molecule is C=C(/C=C\C(=C/N)n1cc(CNC(=O)c2ccc(Cl)s2)nn1)n1ccccc1=O. The smallest absolute Gasteiger partial charge is 0.261 e. The first-order valence-electron chi connectivity index (χ1n) is 8.40. The fraction of sp³-hybridized carbons (Fsp3) is 0.0526. The van der Waals surface area contributed by atoms with Crippen LogP contribution in [-0.2, 0) is 6.54 Å². The van der Waals surface area contributed by atoms with Gasteiger partial charge in [0, 0.05) is 24.2 Å². The maximum Gasteiger partial charge on any atom is 0.261 e. The van der Waals surface area contributed by atoms with Crippen molar-refractivity contribution in [3.63, 3.8) is 0 Å². The van der Waals surface area contributed by atoms with Crippen molar-refractivity contribution in [3.8, 4) is 0 Å². The van der Waals surface area contributed by atoms with E-state index in [0.717, 1.165) is 0 Å². The van der Waals surface area contributed by atoms with E-state index in [1.54, 1.807) is 48.8 Å². The summed E-state index contributed by atoms with van der Waals surface area (Å²) in [4.78, 5) is 24.4. The summed E-state index contributed by atoms with van der Waals surface area (Å²) in [5.41, 5.74) is 7.04. The Balaban J connectivity index is 1.65. The van der Waals surface area contributed by atoms with Crippen LogP contribution in [0, 0.1) is 0 Å². The minimum Gasteiger partial charge on any atom is -0.403 e. The Morgan fingerprint density at radius 3 is 2.83 bits per heavy atom. The lowest BCUT2D eigenvalue weighted by molar-refractivity contribution is 0.0954. The van der Waals surface area contributed by atoms with Crippen molar-refractivity contribution in [2.45, 2.75) is 6.54 Å². The molecule has 0 unspecified atom stereocenters. The predicted molar refractivity (Wildman–Crippen MR) is 114 cm³/mol. The van der Waals surface area contributed by atoms with Crippen LogP contribution in [0.3, 0.4) is 0 Å². The van der Waals surface area contributed by atoms with Crippen LogP contribution < -0.4 is 16.6 Å². The van der Waals surface area contributed by atoms with Gasteiger partial charge in [-0.25, -0.2) is 4.68 Å². The monoisotopic (exact) mass is 428 g/mol. The molecule has 0 bridgehead atoms. The molecule has 3 aromatic heterocycles. The molecule has 0 saturated heterocycles. The first-order valence-corrected chi connectivity index (χ1v) is 9.59. The highest BCUT2D eigenvalue weighted by molar-refractivity contribution is 7.17. The average Bonchev–Trinajstić information content (AvgIpc) is 3.36. The summed E-state index contributed by atoms with van der Waals surface area (Å²) in [6.45, 7) is 4.07. The number of nitrogens with two attached hydrogens (primary N) is 1. The van der Waals surface area contributed by atoms with Crippen molar-refractivity contribution in [2.75, 3.05) is 0 Å². The van der Waals surface area contributed by atoms with Gasteiger partial charge in [-0.2, -0.15) is 0 Å². The number of hydrogen-bond donors (Lipinski definition) is 2. The number of allylic oxidation sites excluding steroid dienone is 4. The molecule has 3 aromatic rings. The van der Waals surface area contributed by atoms with Crippen LogP contribution >= 0.6 is 22.9 Å². The normalized spacial score (nSPS) is 11.7. The van der Waals surface area contributed by atoms with Gasteiger partial charge in [-0.1, -0.05) is 29.5 Å². The third-order valence-electron chi connectivity index (χ3n) is 3.78. The van der Waals surface area contributed by atoms with E-state index < -0.39 is 0 Å². The Kier molecular flexibility index (Phi) is 6.43. The number of aromatic nitrogens is 4. The molecule has 0 radical (unpaired) electrons. The number of pyridine rings is 1. The summed E-state index contributed by atoms with van der Waals surface area (Å²) in [6, 6.07) is 8.16. The van der Waals surface area contributed by atoms with Gasteiger partial charge in [-0.05, 0) is 30.4 Å². The molecule has 0 saturated carbocycles. The number of halogens is 1. The van der Waals surface area contributed by atoms with Crippen molar-refractivity contribution >= 4 is 40.2 Å². The molecule has 0 spiro atoms. The van der Waals surface area contributed by atoms with E-state index in [1.165, 1.54) is 32.9 Å². The number of rotatable bonds is 7. The molecular formula is C19H17ClN6O2S. The van der Waals surface area contributed by atoms with E-state index in [4.69, 9.17) is 17.3 Å². The van der Waals surface area contributed by atoms with Crippen LogP contribution in [0.2, 0.25) is 4.34 Å². The van der Waals surface area contributed by atoms with E-state index >= 15 is 0 Å². The number of hydrogen-bond acceptors (Lipinski definition) is 6. The van der Waals surface area contributed by atoms with Gasteiger partial charge in [-0.3, -0.25) is 14.2 Å². The molecule has 148 valence electrons. The highest BCUT2D eigenvalue weighted by atomic mass is 35.5. The number of amides is 1. The molecule has 1 amide bonds. The lowest BCUT2D eigenvalue weighted by Crippen LogP contribution is -2.21. The second-order valence-electron chi connectivity index (χ2n) is 5.77. The second kappa shape index (κ2) is 9.18. The minimum atomic E-state index is -0.240. The maximum absolute atomic E-state index is 12.1. The van der Waals surface area contributed by atoms with Crippen molar-refractivity contribution in [2.24, 2.45) is 5.73 Å². The predicted octanol–water partition coefficient (Wildman–Crippen LogP) is 2.57. The topological polar surface area (TPSA) is 108 Å². The van der Waals surface area contributed by atoms with E-state index in [1.807, 2.05) is 0 Å². The summed E-state index contributed by atoms with van der Waals surface area (Å²) in [5.74, 6) is -0.240. The van der Waals surface area contributed by atoms with Gasteiger partial charge < -0.3 is 11.1 Å². The highest BCUT2D eigenvalue weighted by Crippen LogP contribution is 2.21. The molecule has 0 aromatic carbocycles. The zero-order chi connectivity index (χ0) is 20.8. The summed E-state index contributed by atoms with van der Waals surface area (Å²) in [6.07, 6.45) is 7.92. The summed E-state index contributed by atoms with van der Waals surface area (Å²) in [5, 5.41) is 10.8. The van der Waals surface area contributed by atoms with Crippen LogP contribution in [-0.4, -0.2) is 25.5 Å². The molecule has 0 aliphatic carbocycles. The van der Waals surface area contributed by atoms with Crippen molar-refractivity contribution in [1.29, 1.82) is 0 Å². The van der Waals surface area contributed by atoms with Gasteiger partial charge >= 0.3 is 0 Å². The highest BCUT2D eigenvalue weighted by Gasteiger charge is 2.10. The molecular weight excluding hydrogens is 412 g/mol. The zero-order valence-corrected chi connectivity index (χ0v) is 16.7. The maximum atomic E-state index is 12.1. The molecule has 3 heterocycles. The van der Waals surface area contributed by atoms with Crippen molar-refractivity contribution in [1.82, 2.24) is 24.9 Å². The minimum absolute atomic E-state index is 0.189. The van der Waals surface area contributed by atoms with Gasteiger partial charge in [0.2, 0.25) is 0 Å². The molecule has 3 rings (SSSR count). The Morgan fingerprint density at radius 1 is 1.31 bits per heavy atom. The second-order valence-corrected chi connectivity index (χ2v) is 7.48. The number of thiophene rings is 1. The Labute approximate surface area is 175 Å². The van der Waals surface area contributed by atoms with Gasteiger partial charge in [-0.15, -0.1) is 16.4 Å². The number of carbonyl (C=O) groups is 1. The first kappa shape index (κ1) is 20.3. The van der Waals surface area contributed by atoms with Gasteiger partial charge in [0.1, 0.15) is 5.69 Å². The van der Waals surface area contributed by atoms with E-state index in [-0.39, 0.29) is 18.0 Å². The largest absolute Gasteiger partial charge is 0.403 e. The van der Waals surface area contributed by atoms with Gasteiger partial charge in [0.15, 0.2) is 0 Å². The van der Waals surface area contributed by atoms with Crippen LogP contribution in [0.25, 0.3) is 11.4 Å². The van der Waals surface area contributed by atoms with E-state index in [9.17, 15) is 9.59 Å². The molecule has 8 nitrogen and oxygen atoms in total. The Hall–Kier alpha value is -3.43. The molecule has 29 heavy (non-hydrogen) atoms. The third kappa shape index (κ3) is 5.09. The number of nitrogens with zero attached hydrogens (tertiary/aromatic N) is 4. The molecule has 0 aliphatic rings. The fourth-order valence-corrected chi connectivity index (χ4v) is 3.29. The van der Waals surface area contributed by atoms with E-state index in [0.29, 0.717) is 26.3 Å². The Morgan fingerprint density at radius 2 is 2.14 bits per heavy atom. The fourth-order valence-electron chi connectivity index (χ4n) is 2.33. The zero-order valence-electron chi connectivity index (χ0n) is 15.2. The van der Waals surface area contributed by atoms with Crippen LogP contribution in [0.15, 0.2) is 72.5 Å². The molecule has 0 aliphatic heterocycles. The lowest BCUT2D eigenvalue weighted by Gasteiger charge is -2.04. The quantitative estimate of drug-likeness (QED) is 0.562. The lowest BCUT2D eigenvalue weighted by atomic mass is 10.3. The van der Waals surface area contributed by atoms with Gasteiger partial charge in [0.25, 0.3) is 11.5 Å². The van der Waals surface area contributed by atoms with Crippen LogP contribution in [0.1, 0.15) is 15.4 Å². The summed E-state index contributed by atoms with van der Waals surface area (Å²) in [7, 11) is 0.